The first-order valence-corrected chi connectivity index (χ1v) is 9.72. The van der Waals surface area contributed by atoms with Crippen LogP contribution in [0.5, 0.6) is 0 Å². The number of hydrogen-bond acceptors (Lipinski definition) is 2. The van der Waals surface area contributed by atoms with Crippen LogP contribution in [0, 0.1) is 5.92 Å². The van der Waals surface area contributed by atoms with E-state index in [-0.39, 0.29) is 12.3 Å². The number of amides is 1. The molecule has 0 fully saturated rings. The van der Waals surface area contributed by atoms with Gasteiger partial charge in [-0.3, -0.25) is 9.59 Å². The molecule has 0 spiro atoms. The van der Waals surface area contributed by atoms with E-state index in [0.29, 0.717) is 19.5 Å². The van der Waals surface area contributed by atoms with Crippen LogP contribution < -0.4 is 0 Å². The van der Waals surface area contributed by atoms with E-state index in [2.05, 4.69) is 19.1 Å². The molecule has 0 heterocycles. The molecule has 0 aromatic heterocycles. The molecule has 0 saturated carbocycles. The summed E-state index contributed by atoms with van der Waals surface area (Å²) in [6, 6.07) is 0. The van der Waals surface area contributed by atoms with Crippen molar-refractivity contribution in [3.8, 4) is 0 Å². The van der Waals surface area contributed by atoms with Crippen LogP contribution in [0.25, 0.3) is 0 Å². The summed E-state index contributed by atoms with van der Waals surface area (Å²) < 4.78 is 0. The number of carbonyl (C=O) groups is 2. The van der Waals surface area contributed by atoms with Crippen LogP contribution in [0.1, 0.15) is 85.0 Å². The molecular weight excluding hydrogens is 302 g/mol. The van der Waals surface area contributed by atoms with Gasteiger partial charge in [0.25, 0.3) is 0 Å². The summed E-state index contributed by atoms with van der Waals surface area (Å²) in [5.74, 6) is -1.43. The molecule has 1 N–H and O–H groups in total. The van der Waals surface area contributed by atoms with Gasteiger partial charge in [-0.05, 0) is 46.0 Å². The minimum Gasteiger partial charge on any atom is -0.481 e. The molecule has 0 radical (unpaired) electrons. The minimum atomic E-state index is -0.845. The van der Waals surface area contributed by atoms with Gasteiger partial charge < -0.3 is 10.0 Å². The molecule has 1 unspecified atom stereocenters. The molecule has 0 aromatic carbocycles. The average molecular weight is 340 g/mol. The van der Waals surface area contributed by atoms with Crippen molar-refractivity contribution >= 4 is 11.9 Å². The molecule has 0 aliphatic carbocycles. The summed E-state index contributed by atoms with van der Waals surface area (Å²) >= 11 is 0. The fraction of sp³-hybridized carbons (Fsp3) is 0.800. The average Bonchev–Trinajstić information content (AvgIpc) is 2.56. The lowest BCUT2D eigenvalue weighted by molar-refractivity contribution is -0.146. The third-order valence-corrected chi connectivity index (χ3v) is 4.45. The Labute approximate surface area is 148 Å². The van der Waals surface area contributed by atoms with Gasteiger partial charge in [-0.2, -0.15) is 0 Å². The Hall–Kier alpha value is -1.32. The number of nitrogens with zero attached hydrogens (tertiary/aromatic N) is 1. The number of allylic oxidation sites excluding steroid dienone is 2. The van der Waals surface area contributed by atoms with Crippen LogP contribution in [-0.4, -0.2) is 35.0 Å². The van der Waals surface area contributed by atoms with Gasteiger partial charge in [-0.1, -0.05) is 44.8 Å². The van der Waals surface area contributed by atoms with Crippen LogP contribution in [0.2, 0.25) is 0 Å². The van der Waals surface area contributed by atoms with E-state index in [1.165, 1.54) is 25.7 Å². The predicted molar refractivity (Wildman–Crippen MR) is 100 cm³/mol. The molecule has 0 rings (SSSR count). The largest absolute Gasteiger partial charge is 0.481 e. The summed E-state index contributed by atoms with van der Waals surface area (Å²) in [5, 5.41) is 9.31. The summed E-state index contributed by atoms with van der Waals surface area (Å²) in [5.41, 5.74) is 0. The van der Waals surface area contributed by atoms with E-state index in [1.807, 2.05) is 13.8 Å². The highest BCUT2D eigenvalue weighted by Crippen LogP contribution is 2.16. The molecule has 0 aromatic rings. The lowest BCUT2D eigenvalue weighted by Crippen LogP contribution is -2.33. The number of rotatable bonds is 15. The van der Waals surface area contributed by atoms with Crippen LogP contribution in [-0.2, 0) is 9.59 Å². The summed E-state index contributed by atoms with van der Waals surface area (Å²) in [7, 11) is 0. The Morgan fingerprint density at radius 1 is 0.917 bits per heavy atom. The van der Waals surface area contributed by atoms with E-state index >= 15 is 0 Å². The number of carboxylic acids is 1. The second-order valence-corrected chi connectivity index (χ2v) is 6.41. The van der Waals surface area contributed by atoms with E-state index in [9.17, 15) is 14.7 Å². The first-order valence-electron chi connectivity index (χ1n) is 9.72. The second-order valence-electron chi connectivity index (χ2n) is 6.41. The highest BCUT2D eigenvalue weighted by Gasteiger charge is 2.22. The van der Waals surface area contributed by atoms with Crippen molar-refractivity contribution in [2.45, 2.75) is 85.0 Å². The first-order chi connectivity index (χ1) is 11.6. The molecule has 0 saturated heterocycles. The lowest BCUT2D eigenvalue weighted by Gasteiger charge is -2.21. The van der Waals surface area contributed by atoms with Crippen molar-refractivity contribution in [3.63, 3.8) is 0 Å². The topological polar surface area (TPSA) is 57.6 Å². The van der Waals surface area contributed by atoms with E-state index in [4.69, 9.17) is 0 Å². The molecule has 0 aliphatic heterocycles. The van der Waals surface area contributed by atoms with Crippen molar-refractivity contribution in [1.29, 1.82) is 0 Å². The van der Waals surface area contributed by atoms with Crippen LogP contribution in [0.4, 0.5) is 0 Å². The summed E-state index contributed by atoms with van der Waals surface area (Å²) in [6.45, 7) is 7.35. The van der Waals surface area contributed by atoms with Gasteiger partial charge in [0, 0.05) is 19.5 Å². The Kier molecular flexibility index (Phi) is 14.4. The normalized spacial score (nSPS) is 12.5. The SMILES string of the molecule is CCCCCC/C=C/CCCCC(CC(=O)N(CC)CC)C(=O)O. The molecular formula is C20H37NO3. The smallest absolute Gasteiger partial charge is 0.307 e. The predicted octanol–water partition coefficient (Wildman–Crippen LogP) is 5.03. The van der Waals surface area contributed by atoms with Crippen molar-refractivity contribution < 1.29 is 14.7 Å². The first kappa shape index (κ1) is 22.7. The number of hydrogen-bond donors (Lipinski definition) is 1. The maximum Gasteiger partial charge on any atom is 0.307 e. The van der Waals surface area contributed by atoms with E-state index in [1.54, 1.807) is 4.90 Å². The number of unbranched alkanes of at least 4 members (excludes halogenated alkanes) is 6. The fourth-order valence-corrected chi connectivity index (χ4v) is 2.81. The molecule has 0 bridgehead atoms. The highest BCUT2D eigenvalue weighted by molar-refractivity contribution is 5.82. The van der Waals surface area contributed by atoms with Crippen molar-refractivity contribution in [2.24, 2.45) is 5.92 Å². The second kappa shape index (κ2) is 15.2. The van der Waals surface area contributed by atoms with Gasteiger partial charge in [0.2, 0.25) is 5.91 Å². The molecule has 1 atom stereocenters. The zero-order valence-electron chi connectivity index (χ0n) is 15.9. The highest BCUT2D eigenvalue weighted by atomic mass is 16.4. The van der Waals surface area contributed by atoms with E-state index < -0.39 is 11.9 Å². The third kappa shape index (κ3) is 11.3. The molecule has 4 nitrogen and oxygen atoms in total. The van der Waals surface area contributed by atoms with Crippen LogP contribution in [0.15, 0.2) is 12.2 Å². The fourth-order valence-electron chi connectivity index (χ4n) is 2.81. The Bertz CT molecular complexity index is 362. The maximum atomic E-state index is 12.1. The molecule has 1 amide bonds. The zero-order chi connectivity index (χ0) is 18.2. The Morgan fingerprint density at radius 2 is 1.50 bits per heavy atom. The van der Waals surface area contributed by atoms with Gasteiger partial charge in [0.1, 0.15) is 0 Å². The Morgan fingerprint density at radius 3 is 2.00 bits per heavy atom. The molecule has 24 heavy (non-hydrogen) atoms. The lowest BCUT2D eigenvalue weighted by atomic mass is 9.97. The minimum absolute atomic E-state index is 0.0422. The standard InChI is InChI=1S/C20H37NO3/c1-4-7-8-9-10-11-12-13-14-15-16-18(20(23)24)17-19(22)21(5-2)6-3/h11-12,18H,4-10,13-17H2,1-3H3,(H,23,24)/b12-11+. The van der Waals surface area contributed by atoms with Crippen molar-refractivity contribution in [1.82, 2.24) is 4.90 Å². The number of aliphatic carboxylic acids is 1. The van der Waals surface area contributed by atoms with Gasteiger partial charge in [0.05, 0.1) is 5.92 Å². The van der Waals surface area contributed by atoms with Crippen LogP contribution >= 0.6 is 0 Å². The molecule has 140 valence electrons. The monoisotopic (exact) mass is 339 g/mol. The van der Waals surface area contributed by atoms with E-state index in [0.717, 1.165) is 25.7 Å². The number of carboxylic acid groups (broad SMARTS) is 1. The van der Waals surface area contributed by atoms with Gasteiger partial charge in [-0.25, -0.2) is 0 Å². The van der Waals surface area contributed by atoms with Gasteiger partial charge >= 0.3 is 5.97 Å². The number of carbonyl (C=O) groups excluding carboxylic acids is 1. The van der Waals surface area contributed by atoms with Crippen LogP contribution in [0.3, 0.4) is 0 Å². The molecule has 4 heteroatoms. The van der Waals surface area contributed by atoms with Crippen molar-refractivity contribution in [3.05, 3.63) is 12.2 Å². The third-order valence-electron chi connectivity index (χ3n) is 4.45. The van der Waals surface area contributed by atoms with Crippen molar-refractivity contribution in [2.75, 3.05) is 13.1 Å². The quantitative estimate of drug-likeness (QED) is 0.336. The summed E-state index contributed by atoms with van der Waals surface area (Å²) in [6.07, 6.45) is 14.3. The maximum absolute atomic E-state index is 12.1. The molecule has 0 aliphatic rings. The Balaban J connectivity index is 3.92. The van der Waals surface area contributed by atoms with Gasteiger partial charge in [0.15, 0.2) is 0 Å². The van der Waals surface area contributed by atoms with Gasteiger partial charge in [-0.15, -0.1) is 0 Å². The zero-order valence-corrected chi connectivity index (χ0v) is 15.9. The summed E-state index contributed by atoms with van der Waals surface area (Å²) in [4.78, 5) is 25.1.